The van der Waals surface area contributed by atoms with Crippen molar-refractivity contribution in [1.82, 2.24) is 29.7 Å². The molecular formula is C38H41N9O8. The summed E-state index contributed by atoms with van der Waals surface area (Å²) < 4.78 is 22.6. The fourth-order valence-electron chi connectivity index (χ4n) is 5.04. The number of fused-ring (bicyclic) bond motifs is 1. The quantitative estimate of drug-likeness (QED) is 0.0308. The number of esters is 1. The van der Waals surface area contributed by atoms with E-state index in [1.807, 2.05) is 66.7 Å². The maximum absolute atomic E-state index is 13.2. The zero-order valence-electron chi connectivity index (χ0n) is 30.1. The lowest BCUT2D eigenvalue weighted by Gasteiger charge is -2.22. The van der Waals surface area contributed by atoms with Gasteiger partial charge in [-0.15, -0.1) is 0 Å². The van der Waals surface area contributed by atoms with E-state index in [0.717, 1.165) is 21.6 Å². The number of rotatable bonds is 16. The maximum atomic E-state index is 13.2. The van der Waals surface area contributed by atoms with Crippen molar-refractivity contribution < 1.29 is 38.1 Å². The van der Waals surface area contributed by atoms with Gasteiger partial charge in [0.05, 0.1) is 12.9 Å². The van der Waals surface area contributed by atoms with Gasteiger partial charge in [0.1, 0.15) is 26.4 Å². The third-order valence-corrected chi connectivity index (χ3v) is 7.72. The van der Waals surface area contributed by atoms with Crippen LogP contribution in [0.4, 0.5) is 26.1 Å². The van der Waals surface area contributed by atoms with Gasteiger partial charge in [-0.25, -0.2) is 24.3 Å². The van der Waals surface area contributed by atoms with Crippen LogP contribution < -0.4 is 16.0 Å². The van der Waals surface area contributed by atoms with Crippen LogP contribution >= 0.6 is 0 Å². The molecule has 0 fully saturated rings. The third-order valence-electron chi connectivity index (χ3n) is 7.72. The van der Waals surface area contributed by atoms with Crippen LogP contribution in [0.25, 0.3) is 11.2 Å². The number of carbonyl (C=O) groups is 4. The molecule has 2 heterocycles. The lowest BCUT2D eigenvalue weighted by atomic mass is 10.2. The lowest BCUT2D eigenvalue weighted by molar-refractivity contribution is -0.143. The van der Waals surface area contributed by atoms with Gasteiger partial charge in [-0.05, 0) is 36.5 Å². The van der Waals surface area contributed by atoms with Gasteiger partial charge in [-0.2, -0.15) is 9.97 Å². The predicted molar refractivity (Wildman–Crippen MR) is 201 cm³/mol. The minimum Gasteiger partial charge on any atom is -0.465 e. The van der Waals surface area contributed by atoms with E-state index < -0.39 is 30.2 Å². The summed E-state index contributed by atoms with van der Waals surface area (Å²) in [5.41, 5.74) is 2.79. The van der Waals surface area contributed by atoms with E-state index in [0.29, 0.717) is 19.4 Å². The Hall–Kier alpha value is -7.04. The molecule has 0 atom stereocenters. The normalized spacial score (nSPS) is 10.6. The number of ether oxygens (including phenoxy) is 4. The first-order valence-electron chi connectivity index (χ1n) is 17.4. The number of alkyl carbamates (subject to hydrolysis) is 1. The number of nitrogens with zero attached hydrogens (tertiary/aromatic N) is 5. The number of nitrogens with one attached hydrogen (secondary N) is 4. The van der Waals surface area contributed by atoms with Gasteiger partial charge in [-0.3, -0.25) is 20.8 Å². The summed E-state index contributed by atoms with van der Waals surface area (Å²) in [6.45, 7) is 2.01. The molecule has 5 rings (SSSR count). The average molecular weight is 752 g/mol. The van der Waals surface area contributed by atoms with Crippen molar-refractivity contribution in [2.45, 2.75) is 46.1 Å². The van der Waals surface area contributed by atoms with E-state index in [9.17, 15) is 19.2 Å². The molecule has 3 amide bonds. The number of benzene rings is 3. The minimum absolute atomic E-state index is 0.0133. The van der Waals surface area contributed by atoms with E-state index in [1.165, 1.54) is 10.9 Å². The molecule has 5 aromatic rings. The van der Waals surface area contributed by atoms with Gasteiger partial charge in [-0.1, -0.05) is 91.0 Å². The third kappa shape index (κ3) is 12.3. The van der Waals surface area contributed by atoms with Gasteiger partial charge >= 0.3 is 24.2 Å². The van der Waals surface area contributed by atoms with Crippen molar-refractivity contribution in [3.8, 4) is 0 Å². The molecule has 0 aliphatic carbocycles. The second kappa shape index (κ2) is 20.3. The number of hydrogen-bond donors (Lipinski definition) is 4. The summed E-state index contributed by atoms with van der Waals surface area (Å²) in [4.78, 5) is 65.0. The number of carbonyl (C=O) groups excluding carboxylic acids is 4. The van der Waals surface area contributed by atoms with Crippen molar-refractivity contribution in [3.05, 3.63) is 114 Å². The monoisotopic (exact) mass is 751 g/mol. The zero-order valence-corrected chi connectivity index (χ0v) is 30.1. The van der Waals surface area contributed by atoms with E-state index >= 15 is 0 Å². The standard InChI is InChI=1S/C38H41N9O8/c1-2-52-30(48)22-46-26-41-31-32(43-36(49)53-23-27-14-6-3-7-15-27)42-35(44-33(31)46)40-20-12-13-21-47(38(51)55-25-29-18-10-5-11-19-29)34(39)45-37(50)54-24-28-16-8-4-9-17-28/h3-11,14-19,26H,2,12-13,20-25H2,1H3,(H2,39,45,50)(H2,40,42,43,44,49). The Morgan fingerprint density at radius 3 is 1.93 bits per heavy atom. The number of imidazole rings is 1. The number of aromatic nitrogens is 4. The Bertz CT molecular complexity index is 2050. The first-order chi connectivity index (χ1) is 26.8. The van der Waals surface area contributed by atoms with E-state index in [2.05, 4.69) is 30.9 Å². The molecule has 0 aliphatic rings. The second-order valence-corrected chi connectivity index (χ2v) is 11.8. The van der Waals surface area contributed by atoms with Crippen molar-refractivity contribution in [1.29, 1.82) is 5.41 Å². The molecule has 3 aromatic carbocycles. The Morgan fingerprint density at radius 2 is 1.33 bits per heavy atom. The molecule has 4 N–H and O–H groups in total. The van der Waals surface area contributed by atoms with Gasteiger partial charge in [0.15, 0.2) is 17.0 Å². The van der Waals surface area contributed by atoms with Crippen LogP contribution in [0, 0.1) is 5.41 Å². The maximum Gasteiger partial charge on any atom is 0.416 e. The summed E-state index contributed by atoms with van der Waals surface area (Å²) >= 11 is 0. The van der Waals surface area contributed by atoms with E-state index in [4.69, 9.17) is 24.4 Å². The van der Waals surface area contributed by atoms with Crippen molar-refractivity contribution >= 4 is 53.1 Å². The van der Waals surface area contributed by atoms with Gasteiger partial charge in [0.2, 0.25) is 11.9 Å². The van der Waals surface area contributed by atoms with Gasteiger partial charge < -0.3 is 28.8 Å². The van der Waals surface area contributed by atoms with Crippen LogP contribution in [0.5, 0.6) is 0 Å². The number of guanidine groups is 1. The molecule has 2 aromatic heterocycles. The van der Waals surface area contributed by atoms with Crippen molar-refractivity contribution in [2.75, 3.05) is 30.3 Å². The fourth-order valence-corrected chi connectivity index (χ4v) is 5.04. The highest BCUT2D eigenvalue weighted by Gasteiger charge is 2.23. The molecule has 0 bridgehead atoms. The van der Waals surface area contributed by atoms with Crippen LogP contribution in [0.15, 0.2) is 97.3 Å². The molecule has 17 nitrogen and oxygen atoms in total. The molecule has 0 unspecified atom stereocenters. The van der Waals surface area contributed by atoms with E-state index in [1.54, 1.807) is 31.2 Å². The topological polar surface area (TPSA) is 212 Å². The Balaban J connectivity index is 1.21. The predicted octanol–water partition coefficient (Wildman–Crippen LogP) is 5.83. The van der Waals surface area contributed by atoms with Crippen LogP contribution in [0.3, 0.4) is 0 Å². The molecule has 0 spiro atoms. The molecular weight excluding hydrogens is 710 g/mol. The molecule has 286 valence electrons. The van der Waals surface area contributed by atoms with E-state index in [-0.39, 0.29) is 62.4 Å². The summed E-state index contributed by atoms with van der Waals surface area (Å²) in [6, 6.07) is 27.3. The number of hydrogen-bond acceptors (Lipinski definition) is 13. The molecule has 55 heavy (non-hydrogen) atoms. The fraction of sp³-hybridized carbons (Fsp3) is 0.263. The first-order valence-corrected chi connectivity index (χ1v) is 17.4. The molecule has 17 heteroatoms. The lowest BCUT2D eigenvalue weighted by Crippen LogP contribution is -2.47. The number of unbranched alkanes of at least 4 members (excludes halogenated alkanes) is 1. The molecule has 0 aliphatic heterocycles. The molecule has 0 saturated carbocycles. The summed E-state index contributed by atoms with van der Waals surface area (Å²) in [5, 5.41) is 16.5. The highest BCUT2D eigenvalue weighted by Crippen LogP contribution is 2.22. The molecule has 0 radical (unpaired) electrons. The smallest absolute Gasteiger partial charge is 0.416 e. The van der Waals surface area contributed by atoms with Crippen LogP contribution in [0.1, 0.15) is 36.5 Å². The van der Waals surface area contributed by atoms with Gasteiger partial charge in [0.25, 0.3) is 0 Å². The SMILES string of the molecule is CCOC(=O)Cn1cnc2c(NC(=O)OCc3ccccc3)nc(NCCCCN(C(=N)NC(=O)OCc3ccccc3)C(=O)OCc3ccccc3)nc21. The summed E-state index contributed by atoms with van der Waals surface area (Å²) in [7, 11) is 0. The summed E-state index contributed by atoms with van der Waals surface area (Å²) in [6.07, 6.45) is -0.306. The Kier molecular flexibility index (Phi) is 14.4. The highest BCUT2D eigenvalue weighted by molar-refractivity contribution is 5.99. The number of anilines is 2. The number of amides is 3. The average Bonchev–Trinajstić information content (AvgIpc) is 3.60. The molecule has 0 saturated heterocycles. The highest BCUT2D eigenvalue weighted by atomic mass is 16.6. The Morgan fingerprint density at radius 1 is 0.745 bits per heavy atom. The minimum atomic E-state index is -0.903. The summed E-state index contributed by atoms with van der Waals surface area (Å²) in [5.74, 6) is -0.837. The van der Waals surface area contributed by atoms with Crippen LogP contribution in [-0.2, 0) is 50.1 Å². The zero-order chi connectivity index (χ0) is 38.8. The van der Waals surface area contributed by atoms with Crippen LogP contribution in [-0.4, -0.2) is 74.3 Å². The Labute approximate surface area is 316 Å². The second-order valence-electron chi connectivity index (χ2n) is 11.8. The largest absolute Gasteiger partial charge is 0.465 e. The van der Waals surface area contributed by atoms with Crippen molar-refractivity contribution in [2.24, 2.45) is 0 Å². The van der Waals surface area contributed by atoms with Crippen molar-refractivity contribution in [3.63, 3.8) is 0 Å². The first kappa shape index (κ1) is 39.2. The van der Waals surface area contributed by atoms with Crippen LogP contribution in [0.2, 0.25) is 0 Å². The van der Waals surface area contributed by atoms with Gasteiger partial charge in [0, 0.05) is 13.1 Å².